The molecule has 1 N–H and O–H groups in total. The lowest BCUT2D eigenvalue weighted by Gasteiger charge is -2.17. The van der Waals surface area contributed by atoms with E-state index in [-0.39, 0.29) is 5.91 Å². The van der Waals surface area contributed by atoms with Crippen LogP contribution in [0.1, 0.15) is 21.5 Å². The van der Waals surface area contributed by atoms with E-state index >= 15 is 0 Å². The molecule has 0 aliphatic carbocycles. The number of aromatic nitrogens is 3. The summed E-state index contributed by atoms with van der Waals surface area (Å²) in [5, 5.41) is 2.85. The van der Waals surface area contributed by atoms with E-state index in [9.17, 15) is 4.79 Å². The maximum atomic E-state index is 12.5. The fourth-order valence-corrected chi connectivity index (χ4v) is 2.70. The minimum absolute atomic E-state index is 0.283. The molecule has 0 aliphatic rings. The van der Waals surface area contributed by atoms with Gasteiger partial charge in [-0.15, -0.1) is 0 Å². The number of aryl methyl sites for hydroxylation is 1. The van der Waals surface area contributed by atoms with Crippen molar-refractivity contribution in [1.29, 1.82) is 0 Å². The van der Waals surface area contributed by atoms with E-state index in [0.29, 0.717) is 22.9 Å². The van der Waals surface area contributed by atoms with Crippen molar-refractivity contribution in [2.45, 2.75) is 13.3 Å². The fourth-order valence-electron chi connectivity index (χ4n) is 2.70. The quantitative estimate of drug-likeness (QED) is 0.681. The van der Waals surface area contributed by atoms with Gasteiger partial charge in [-0.05, 0) is 48.7 Å². The predicted molar refractivity (Wildman–Crippen MR) is 109 cm³/mol. The second kappa shape index (κ2) is 8.94. The molecule has 28 heavy (non-hydrogen) atoms. The maximum absolute atomic E-state index is 12.5. The lowest BCUT2D eigenvalue weighted by molar-refractivity contribution is 0.102. The third-order valence-electron chi connectivity index (χ3n) is 4.33. The first kappa shape index (κ1) is 19.3. The van der Waals surface area contributed by atoms with Crippen LogP contribution in [0.3, 0.4) is 0 Å². The van der Waals surface area contributed by atoms with E-state index in [0.717, 1.165) is 18.5 Å². The molecule has 0 aliphatic heterocycles. The van der Waals surface area contributed by atoms with Crippen LogP contribution in [-0.4, -0.2) is 41.6 Å². The van der Waals surface area contributed by atoms with Crippen LogP contribution in [0.5, 0.6) is 5.75 Å². The Hall–Kier alpha value is -3.48. The molecule has 0 saturated heterocycles. The predicted octanol–water partition coefficient (Wildman–Crippen LogP) is 3.12. The zero-order valence-electron chi connectivity index (χ0n) is 16.2. The number of benzene rings is 1. The summed E-state index contributed by atoms with van der Waals surface area (Å²) in [6.07, 6.45) is 7.48. The van der Waals surface area contributed by atoms with Crippen molar-refractivity contribution in [1.82, 2.24) is 15.0 Å². The number of nitrogens with one attached hydrogen (secondary N) is 1. The summed E-state index contributed by atoms with van der Waals surface area (Å²) in [6.45, 7) is 2.71. The van der Waals surface area contributed by atoms with Gasteiger partial charge in [0.2, 0.25) is 5.95 Å². The van der Waals surface area contributed by atoms with Crippen LogP contribution in [0.4, 0.5) is 11.6 Å². The molecule has 0 radical (unpaired) electrons. The Morgan fingerprint density at radius 3 is 2.54 bits per heavy atom. The Labute approximate surface area is 164 Å². The summed E-state index contributed by atoms with van der Waals surface area (Å²) >= 11 is 0. The molecule has 7 nitrogen and oxygen atoms in total. The highest BCUT2D eigenvalue weighted by atomic mass is 16.5. The van der Waals surface area contributed by atoms with Gasteiger partial charge >= 0.3 is 0 Å². The van der Waals surface area contributed by atoms with E-state index in [1.165, 1.54) is 18.0 Å². The van der Waals surface area contributed by atoms with Crippen LogP contribution < -0.4 is 15.0 Å². The van der Waals surface area contributed by atoms with E-state index < -0.39 is 0 Å². The number of methoxy groups -OCH3 is 1. The normalized spacial score (nSPS) is 10.4. The summed E-state index contributed by atoms with van der Waals surface area (Å²) in [4.78, 5) is 27.1. The molecule has 7 heteroatoms. The van der Waals surface area contributed by atoms with Crippen molar-refractivity contribution < 1.29 is 9.53 Å². The first-order chi connectivity index (χ1) is 13.6. The van der Waals surface area contributed by atoms with Crippen LogP contribution in [0.2, 0.25) is 0 Å². The molecule has 3 rings (SSSR count). The van der Waals surface area contributed by atoms with Gasteiger partial charge in [0.1, 0.15) is 5.75 Å². The van der Waals surface area contributed by atoms with Gasteiger partial charge in [-0.25, -0.2) is 9.97 Å². The molecule has 0 saturated carbocycles. The molecule has 0 atom stereocenters. The van der Waals surface area contributed by atoms with Crippen LogP contribution in [-0.2, 0) is 6.42 Å². The summed E-state index contributed by atoms with van der Waals surface area (Å²) in [6, 6.07) is 9.58. The second-order valence-electron chi connectivity index (χ2n) is 6.46. The molecule has 0 bridgehead atoms. The number of rotatable bonds is 7. The monoisotopic (exact) mass is 377 g/mol. The fraction of sp³-hybridized carbons (Fsp3) is 0.238. The highest BCUT2D eigenvalue weighted by molar-refractivity contribution is 6.04. The van der Waals surface area contributed by atoms with Crippen LogP contribution in [0, 0.1) is 6.92 Å². The molecule has 1 amide bonds. The number of hydrogen-bond acceptors (Lipinski definition) is 6. The van der Waals surface area contributed by atoms with Crippen molar-refractivity contribution in [3.8, 4) is 5.75 Å². The Bertz CT molecular complexity index is 929. The Balaban J connectivity index is 1.63. The van der Waals surface area contributed by atoms with E-state index in [4.69, 9.17) is 4.74 Å². The molecule has 1 aromatic carbocycles. The molecule has 0 fully saturated rings. The van der Waals surface area contributed by atoms with E-state index in [1.807, 2.05) is 49.2 Å². The van der Waals surface area contributed by atoms with Gasteiger partial charge in [0.25, 0.3) is 5.91 Å². The number of carbonyl (C=O) groups is 1. The largest absolute Gasteiger partial charge is 0.495 e. The Morgan fingerprint density at radius 1 is 1.14 bits per heavy atom. The maximum Gasteiger partial charge on any atom is 0.258 e. The SMILES string of the molecule is COc1ccc(C)cc1NC(=O)c1cnc(N(C)CCc2ccncc2)nc1. The molecular formula is C21H23N5O2. The summed E-state index contributed by atoms with van der Waals surface area (Å²) in [7, 11) is 3.49. The molecule has 2 aromatic heterocycles. The number of nitrogens with zero attached hydrogens (tertiary/aromatic N) is 4. The number of ether oxygens (including phenoxy) is 1. The Morgan fingerprint density at radius 2 is 1.86 bits per heavy atom. The first-order valence-electron chi connectivity index (χ1n) is 8.95. The summed E-state index contributed by atoms with van der Waals surface area (Å²) in [5.41, 5.74) is 3.23. The zero-order valence-corrected chi connectivity index (χ0v) is 16.2. The first-order valence-corrected chi connectivity index (χ1v) is 8.95. The smallest absolute Gasteiger partial charge is 0.258 e. The number of carbonyl (C=O) groups excluding carboxylic acids is 1. The third-order valence-corrected chi connectivity index (χ3v) is 4.33. The van der Waals surface area contributed by atoms with Gasteiger partial charge < -0.3 is 15.0 Å². The van der Waals surface area contributed by atoms with Crippen LogP contribution in [0.15, 0.2) is 55.1 Å². The zero-order chi connectivity index (χ0) is 19.9. The highest BCUT2D eigenvalue weighted by Crippen LogP contribution is 2.25. The summed E-state index contributed by atoms with van der Waals surface area (Å²) < 4.78 is 5.29. The van der Waals surface area contributed by atoms with Gasteiger partial charge in [0.15, 0.2) is 0 Å². The minimum atomic E-state index is -0.283. The van der Waals surface area contributed by atoms with Gasteiger partial charge in [0.05, 0.1) is 18.4 Å². The third kappa shape index (κ3) is 4.82. The van der Waals surface area contributed by atoms with Crippen LogP contribution in [0.25, 0.3) is 0 Å². The number of likely N-dealkylation sites (N-methyl/N-ethyl adjacent to an activating group) is 1. The average Bonchev–Trinajstić information content (AvgIpc) is 2.73. The van der Waals surface area contributed by atoms with Crippen molar-refractivity contribution in [2.75, 3.05) is 30.9 Å². The Kier molecular flexibility index (Phi) is 6.16. The number of amides is 1. The second-order valence-corrected chi connectivity index (χ2v) is 6.46. The molecule has 2 heterocycles. The van der Waals surface area contributed by atoms with Crippen molar-refractivity contribution >= 4 is 17.5 Å². The topological polar surface area (TPSA) is 80.2 Å². The number of pyridine rings is 1. The van der Waals surface area contributed by atoms with Gasteiger partial charge in [0, 0.05) is 38.4 Å². The van der Waals surface area contributed by atoms with Crippen molar-refractivity contribution in [2.24, 2.45) is 0 Å². The number of hydrogen-bond donors (Lipinski definition) is 1. The minimum Gasteiger partial charge on any atom is -0.495 e. The highest BCUT2D eigenvalue weighted by Gasteiger charge is 2.12. The number of anilines is 2. The lowest BCUT2D eigenvalue weighted by atomic mass is 10.2. The van der Waals surface area contributed by atoms with Gasteiger partial charge in [-0.1, -0.05) is 6.07 Å². The van der Waals surface area contributed by atoms with E-state index in [2.05, 4.69) is 20.3 Å². The molecule has 0 spiro atoms. The average molecular weight is 377 g/mol. The molecule has 0 unspecified atom stereocenters. The molecule has 3 aromatic rings. The standard InChI is InChI=1S/C21H23N5O2/c1-15-4-5-19(28-3)18(12-15)25-20(27)17-13-23-21(24-14-17)26(2)11-8-16-6-9-22-10-7-16/h4-7,9-10,12-14H,8,11H2,1-3H3,(H,25,27). The van der Waals surface area contributed by atoms with Gasteiger partial charge in [-0.3, -0.25) is 9.78 Å². The van der Waals surface area contributed by atoms with Crippen LogP contribution >= 0.6 is 0 Å². The van der Waals surface area contributed by atoms with Crippen molar-refractivity contribution in [3.05, 3.63) is 71.8 Å². The summed E-state index contributed by atoms with van der Waals surface area (Å²) in [5.74, 6) is 0.890. The molecule has 144 valence electrons. The molecular weight excluding hydrogens is 354 g/mol. The van der Waals surface area contributed by atoms with Crippen molar-refractivity contribution in [3.63, 3.8) is 0 Å². The van der Waals surface area contributed by atoms with E-state index in [1.54, 1.807) is 19.5 Å². The lowest BCUT2D eigenvalue weighted by Crippen LogP contribution is -2.23. The van der Waals surface area contributed by atoms with Gasteiger partial charge in [-0.2, -0.15) is 0 Å².